The molecule has 0 aliphatic heterocycles. The lowest BCUT2D eigenvalue weighted by molar-refractivity contribution is 0.440. The van der Waals surface area contributed by atoms with Crippen LogP contribution in [0.4, 0.5) is 0 Å². The van der Waals surface area contributed by atoms with Gasteiger partial charge in [0.15, 0.2) is 0 Å². The van der Waals surface area contributed by atoms with Crippen LogP contribution in [0.3, 0.4) is 0 Å². The van der Waals surface area contributed by atoms with E-state index in [1.54, 1.807) is 23.5 Å². The molecule has 5 heteroatoms. The van der Waals surface area contributed by atoms with Crippen molar-refractivity contribution < 1.29 is 8.42 Å². The molecule has 0 unspecified atom stereocenters. The van der Waals surface area contributed by atoms with E-state index in [0.717, 1.165) is 25.7 Å². The van der Waals surface area contributed by atoms with Gasteiger partial charge in [-0.3, -0.25) is 0 Å². The summed E-state index contributed by atoms with van der Waals surface area (Å²) in [5, 5.41) is 2.08. The van der Waals surface area contributed by atoms with Crippen molar-refractivity contribution in [2.75, 3.05) is 6.54 Å². The van der Waals surface area contributed by atoms with Crippen LogP contribution in [0.2, 0.25) is 0 Å². The summed E-state index contributed by atoms with van der Waals surface area (Å²) >= 11 is 1.74. The Morgan fingerprint density at radius 3 is 2.42 bits per heavy atom. The van der Waals surface area contributed by atoms with Gasteiger partial charge in [0.05, 0.1) is 4.90 Å². The molecule has 1 aromatic carbocycles. The van der Waals surface area contributed by atoms with Crippen molar-refractivity contribution in [3.63, 3.8) is 0 Å². The molecular weight excluding hydrogens is 338 g/mol. The van der Waals surface area contributed by atoms with E-state index in [-0.39, 0.29) is 5.41 Å². The molecule has 2 aromatic rings. The SMILES string of the molecule is CCCc1ccc(S(=O)(=O)NCC2(c3cccs3)CCCC2)cc1. The standard InChI is InChI=1S/C19H25NO2S2/c1-2-6-16-8-10-17(11-9-16)24(21,22)20-15-19(12-3-4-13-19)18-7-5-14-23-18/h5,7-11,14,20H,2-4,6,12-13,15H2,1H3. The van der Waals surface area contributed by atoms with Gasteiger partial charge < -0.3 is 0 Å². The minimum Gasteiger partial charge on any atom is -0.210 e. The first-order valence-corrected chi connectivity index (χ1v) is 11.0. The molecule has 0 spiro atoms. The smallest absolute Gasteiger partial charge is 0.210 e. The fourth-order valence-electron chi connectivity index (χ4n) is 3.58. The Hall–Kier alpha value is -1.17. The average molecular weight is 364 g/mol. The third-order valence-corrected chi connectivity index (χ3v) is 7.51. The Morgan fingerprint density at radius 2 is 1.83 bits per heavy atom. The van der Waals surface area contributed by atoms with Crippen LogP contribution in [0.1, 0.15) is 49.5 Å². The fourth-order valence-corrected chi connectivity index (χ4v) is 5.70. The van der Waals surface area contributed by atoms with Gasteiger partial charge in [-0.1, -0.05) is 44.4 Å². The number of thiophene rings is 1. The van der Waals surface area contributed by atoms with Crippen LogP contribution in [-0.2, 0) is 21.9 Å². The van der Waals surface area contributed by atoms with Crippen LogP contribution >= 0.6 is 11.3 Å². The van der Waals surface area contributed by atoms with Gasteiger partial charge >= 0.3 is 0 Å². The molecule has 0 atom stereocenters. The highest BCUT2D eigenvalue weighted by Gasteiger charge is 2.37. The van der Waals surface area contributed by atoms with Crippen LogP contribution in [-0.4, -0.2) is 15.0 Å². The zero-order chi connectivity index (χ0) is 17.0. The Morgan fingerprint density at radius 1 is 1.12 bits per heavy atom. The van der Waals surface area contributed by atoms with Crippen molar-refractivity contribution in [3.05, 3.63) is 52.2 Å². The summed E-state index contributed by atoms with van der Waals surface area (Å²) in [6.45, 7) is 2.62. The van der Waals surface area contributed by atoms with E-state index in [4.69, 9.17) is 0 Å². The number of hydrogen-bond donors (Lipinski definition) is 1. The molecule has 1 N–H and O–H groups in total. The number of aryl methyl sites for hydroxylation is 1. The highest BCUT2D eigenvalue weighted by atomic mass is 32.2. The zero-order valence-corrected chi connectivity index (χ0v) is 15.8. The third kappa shape index (κ3) is 3.73. The molecule has 3 rings (SSSR count). The predicted molar refractivity (Wildman–Crippen MR) is 100 cm³/mol. The second-order valence-corrected chi connectivity index (χ2v) is 9.40. The van der Waals surface area contributed by atoms with Crippen LogP contribution < -0.4 is 4.72 Å². The summed E-state index contributed by atoms with van der Waals surface area (Å²) in [7, 11) is -3.45. The van der Waals surface area contributed by atoms with Crippen LogP contribution in [0.25, 0.3) is 0 Å². The van der Waals surface area contributed by atoms with Gasteiger partial charge in [-0.25, -0.2) is 13.1 Å². The Balaban J connectivity index is 1.74. The van der Waals surface area contributed by atoms with E-state index in [1.165, 1.54) is 23.3 Å². The average Bonchev–Trinajstić information content (AvgIpc) is 3.26. The van der Waals surface area contributed by atoms with E-state index in [2.05, 4.69) is 29.2 Å². The molecule has 1 fully saturated rings. The number of benzene rings is 1. The highest BCUT2D eigenvalue weighted by molar-refractivity contribution is 7.89. The number of sulfonamides is 1. The van der Waals surface area contributed by atoms with E-state index in [9.17, 15) is 8.42 Å². The summed E-state index contributed by atoms with van der Waals surface area (Å²) in [5.41, 5.74) is 1.16. The van der Waals surface area contributed by atoms with Crippen LogP contribution in [0.15, 0.2) is 46.7 Å². The number of rotatable bonds is 7. The Kier molecular flexibility index (Phi) is 5.42. The van der Waals surface area contributed by atoms with Gasteiger partial charge in [0.2, 0.25) is 10.0 Å². The fraction of sp³-hybridized carbons (Fsp3) is 0.474. The number of nitrogens with one attached hydrogen (secondary N) is 1. The maximum absolute atomic E-state index is 12.7. The largest absolute Gasteiger partial charge is 0.240 e. The second-order valence-electron chi connectivity index (χ2n) is 6.68. The van der Waals surface area contributed by atoms with Crippen molar-refractivity contribution in [2.45, 2.75) is 55.8 Å². The van der Waals surface area contributed by atoms with Gasteiger partial charge in [0, 0.05) is 16.8 Å². The predicted octanol–water partition coefficient (Wildman–Crippen LogP) is 4.49. The van der Waals surface area contributed by atoms with E-state index in [0.29, 0.717) is 11.4 Å². The quantitative estimate of drug-likeness (QED) is 0.788. The van der Waals surface area contributed by atoms with E-state index < -0.39 is 10.0 Å². The minimum absolute atomic E-state index is 0.0244. The first kappa shape index (κ1) is 17.6. The van der Waals surface area contributed by atoms with Gasteiger partial charge in [-0.15, -0.1) is 11.3 Å². The van der Waals surface area contributed by atoms with Crippen LogP contribution in [0.5, 0.6) is 0 Å². The molecule has 130 valence electrons. The summed E-state index contributed by atoms with van der Waals surface area (Å²) < 4.78 is 28.2. The van der Waals surface area contributed by atoms with E-state index in [1.807, 2.05) is 12.1 Å². The normalized spacial score (nSPS) is 17.2. The lowest BCUT2D eigenvalue weighted by atomic mass is 9.85. The second kappa shape index (κ2) is 7.38. The molecule has 0 bridgehead atoms. The van der Waals surface area contributed by atoms with Crippen molar-refractivity contribution in [1.82, 2.24) is 4.72 Å². The Labute approximate surface area is 149 Å². The summed E-state index contributed by atoms with van der Waals surface area (Å²) in [4.78, 5) is 1.67. The van der Waals surface area contributed by atoms with Crippen LogP contribution in [0, 0.1) is 0 Å². The van der Waals surface area contributed by atoms with Crippen molar-refractivity contribution in [2.24, 2.45) is 0 Å². The zero-order valence-electron chi connectivity index (χ0n) is 14.1. The summed E-state index contributed by atoms with van der Waals surface area (Å²) in [6, 6.07) is 11.5. The summed E-state index contributed by atoms with van der Waals surface area (Å²) in [5.74, 6) is 0. The molecule has 3 nitrogen and oxygen atoms in total. The molecule has 1 aliphatic rings. The molecule has 24 heavy (non-hydrogen) atoms. The van der Waals surface area contributed by atoms with Gasteiger partial charge in [0.1, 0.15) is 0 Å². The first-order valence-electron chi connectivity index (χ1n) is 8.68. The third-order valence-electron chi connectivity index (χ3n) is 4.98. The molecule has 0 saturated heterocycles. The van der Waals surface area contributed by atoms with Crippen molar-refractivity contribution in [1.29, 1.82) is 0 Å². The Bertz CT molecular complexity index is 743. The first-order chi connectivity index (χ1) is 11.6. The molecule has 1 heterocycles. The van der Waals surface area contributed by atoms with Crippen molar-refractivity contribution >= 4 is 21.4 Å². The molecular formula is C19H25NO2S2. The van der Waals surface area contributed by atoms with Gasteiger partial charge in [-0.2, -0.15) is 0 Å². The highest BCUT2D eigenvalue weighted by Crippen LogP contribution is 2.42. The number of hydrogen-bond acceptors (Lipinski definition) is 3. The molecule has 0 amide bonds. The maximum atomic E-state index is 12.7. The van der Waals surface area contributed by atoms with Gasteiger partial charge in [-0.05, 0) is 48.4 Å². The maximum Gasteiger partial charge on any atom is 0.240 e. The topological polar surface area (TPSA) is 46.2 Å². The monoisotopic (exact) mass is 363 g/mol. The molecule has 1 aliphatic carbocycles. The molecule has 1 saturated carbocycles. The lowest BCUT2D eigenvalue weighted by Crippen LogP contribution is -2.38. The molecule has 0 radical (unpaired) electrons. The van der Waals surface area contributed by atoms with Gasteiger partial charge in [0.25, 0.3) is 0 Å². The van der Waals surface area contributed by atoms with Crippen molar-refractivity contribution in [3.8, 4) is 0 Å². The molecule has 1 aromatic heterocycles. The van der Waals surface area contributed by atoms with E-state index >= 15 is 0 Å². The minimum atomic E-state index is -3.45. The summed E-state index contributed by atoms with van der Waals surface area (Å²) in [6.07, 6.45) is 6.51. The lowest BCUT2D eigenvalue weighted by Gasteiger charge is -2.28.